The van der Waals surface area contributed by atoms with Gasteiger partial charge in [0.2, 0.25) is 0 Å². The molecule has 0 saturated heterocycles. The lowest BCUT2D eigenvalue weighted by molar-refractivity contribution is 0.261. The van der Waals surface area contributed by atoms with Crippen molar-refractivity contribution in [2.24, 2.45) is 0 Å². The van der Waals surface area contributed by atoms with Crippen molar-refractivity contribution in [2.75, 3.05) is 13.2 Å². The molecule has 1 unspecified atom stereocenters. The third kappa shape index (κ3) is 2.07. The highest BCUT2D eigenvalue weighted by atomic mass is 16.5. The highest BCUT2D eigenvalue weighted by Crippen LogP contribution is 2.44. The first-order chi connectivity index (χ1) is 12.9. The number of benzene rings is 3. The third-order valence-corrected chi connectivity index (χ3v) is 4.95. The lowest BCUT2D eigenvalue weighted by atomic mass is 10.1. The van der Waals surface area contributed by atoms with Crippen molar-refractivity contribution < 1.29 is 9.47 Å². The van der Waals surface area contributed by atoms with Crippen LogP contribution < -0.4 is 9.47 Å². The summed E-state index contributed by atoms with van der Waals surface area (Å²) in [4.78, 5) is 0. The quantitative estimate of drug-likeness (QED) is 0.544. The van der Waals surface area contributed by atoms with Gasteiger partial charge in [-0.3, -0.25) is 0 Å². The lowest BCUT2D eigenvalue weighted by Crippen LogP contribution is -2.23. The standard InChI is InChI=1S/C22H16N2O2/c23-12-13-25-19-10-4-8-16-17-9-5-11-20-22(17)24(21(16)19)18(14-26-20)15-6-2-1-3-7-15/h1-11,18H,13-14H2. The minimum atomic E-state index is 0.0278. The maximum atomic E-state index is 8.95. The van der Waals surface area contributed by atoms with Crippen LogP contribution in [0, 0.1) is 11.3 Å². The second kappa shape index (κ2) is 5.82. The fourth-order valence-electron chi connectivity index (χ4n) is 3.91. The van der Waals surface area contributed by atoms with E-state index in [9.17, 15) is 0 Å². The number of aromatic nitrogens is 1. The van der Waals surface area contributed by atoms with Crippen molar-refractivity contribution in [2.45, 2.75) is 6.04 Å². The third-order valence-electron chi connectivity index (χ3n) is 4.95. The monoisotopic (exact) mass is 340 g/mol. The van der Waals surface area contributed by atoms with Crippen LogP contribution in [0.1, 0.15) is 11.6 Å². The Morgan fingerprint density at radius 2 is 1.73 bits per heavy atom. The van der Waals surface area contributed by atoms with Crippen LogP contribution in [0.15, 0.2) is 66.7 Å². The molecule has 1 aliphatic rings. The van der Waals surface area contributed by atoms with E-state index in [1.165, 1.54) is 5.56 Å². The first-order valence-corrected chi connectivity index (χ1v) is 8.61. The molecule has 4 nitrogen and oxygen atoms in total. The Balaban J connectivity index is 1.88. The summed E-state index contributed by atoms with van der Waals surface area (Å²) in [6.07, 6.45) is 0. The van der Waals surface area contributed by atoms with Gasteiger partial charge in [-0.15, -0.1) is 0 Å². The molecule has 126 valence electrons. The summed E-state index contributed by atoms with van der Waals surface area (Å²) >= 11 is 0. The molecule has 0 fully saturated rings. The summed E-state index contributed by atoms with van der Waals surface area (Å²) in [7, 11) is 0. The number of fused-ring (bicyclic) bond motifs is 3. The Hall–Kier alpha value is -3.45. The maximum Gasteiger partial charge on any atom is 0.174 e. The van der Waals surface area contributed by atoms with Gasteiger partial charge in [0, 0.05) is 10.8 Å². The zero-order chi connectivity index (χ0) is 17.5. The van der Waals surface area contributed by atoms with Crippen molar-refractivity contribution in [3.63, 3.8) is 0 Å². The summed E-state index contributed by atoms with van der Waals surface area (Å²) in [6, 6.07) is 24.6. The zero-order valence-electron chi connectivity index (χ0n) is 14.1. The highest BCUT2D eigenvalue weighted by Gasteiger charge is 2.28. The molecule has 26 heavy (non-hydrogen) atoms. The number of nitrogens with zero attached hydrogens (tertiary/aromatic N) is 2. The fraction of sp³-hybridized carbons (Fsp3) is 0.136. The smallest absolute Gasteiger partial charge is 0.174 e. The average molecular weight is 340 g/mol. The van der Waals surface area contributed by atoms with Crippen molar-refractivity contribution in [1.29, 1.82) is 5.26 Å². The number of hydrogen-bond acceptors (Lipinski definition) is 3. The van der Waals surface area contributed by atoms with E-state index >= 15 is 0 Å². The van der Waals surface area contributed by atoms with Crippen LogP contribution in [-0.4, -0.2) is 17.8 Å². The van der Waals surface area contributed by atoms with E-state index in [2.05, 4.69) is 34.9 Å². The van der Waals surface area contributed by atoms with Gasteiger partial charge in [-0.25, -0.2) is 0 Å². The van der Waals surface area contributed by atoms with E-state index < -0.39 is 0 Å². The van der Waals surface area contributed by atoms with Gasteiger partial charge >= 0.3 is 0 Å². The second-order valence-electron chi connectivity index (χ2n) is 6.36. The highest BCUT2D eigenvalue weighted by molar-refractivity contribution is 6.12. The number of para-hydroxylation sites is 2. The summed E-state index contributed by atoms with van der Waals surface area (Å²) in [6.45, 7) is 0.590. The molecule has 0 amide bonds. The summed E-state index contributed by atoms with van der Waals surface area (Å²) in [5.41, 5.74) is 3.29. The van der Waals surface area contributed by atoms with Gasteiger partial charge in [0.1, 0.15) is 24.2 Å². The normalized spacial score (nSPS) is 15.6. The van der Waals surface area contributed by atoms with E-state index in [1.54, 1.807) is 0 Å². The molecule has 4 aromatic rings. The molecular weight excluding hydrogens is 324 g/mol. The molecule has 1 aliphatic heterocycles. The SMILES string of the molecule is N#CCOc1cccc2c3cccc4c3n(c12)C(c1ccccc1)CO4. The molecule has 4 heteroatoms. The van der Waals surface area contributed by atoms with Crippen LogP contribution >= 0.6 is 0 Å². The van der Waals surface area contributed by atoms with Gasteiger partial charge in [0.15, 0.2) is 6.61 Å². The molecular formula is C22H16N2O2. The van der Waals surface area contributed by atoms with E-state index in [1.807, 2.05) is 42.5 Å². The van der Waals surface area contributed by atoms with Crippen molar-refractivity contribution in [3.05, 3.63) is 72.3 Å². The summed E-state index contributed by atoms with van der Waals surface area (Å²) < 4.78 is 14.2. The minimum Gasteiger partial charge on any atom is -0.489 e. The molecule has 0 radical (unpaired) electrons. The maximum absolute atomic E-state index is 8.95. The largest absolute Gasteiger partial charge is 0.489 e. The van der Waals surface area contributed by atoms with E-state index in [-0.39, 0.29) is 12.6 Å². The van der Waals surface area contributed by atoms with Crippen molar-refractivity contribution in [1.82, 2.24) is 4.57 Å². The molecule has 0 bridgehead atoms. The van der Waals surface area contributed by atoms with Gasteiger partial charge in [-0.05, 0) is 17.7 Å². The molecule has 3 aromatic carbocycles. The Labute approximate surface area is 150 Å². The number of hydrogen-bond donors (Lipinski definition) is 0. The molecule has 1 aromatic heterocycles. The van der Waals surface area contributed by atoms with E-state index in [0.29, 0.717) is 6.61 Å². The van der Waals surface area contributed by atoms with Crippen molar-refractivity contribution >= 4 is 21.8 Å². The average Bonchev–Trinajstić information content (AvgIpc) is 3.05. The Bertz CT molecular complexity index is 1160. The molecule has 0 spiro atoms. The van der Waals surface area contributed by atoms with Crippen LogP contribution in [-0.2, 0) is 0 Å². The predicted molar refractivity (Wildman–Crippen MR) is 101 cm³/mol. The topological polar surface area (TPSA) is 47.2 Å². The molecule has 0 N–H and O–H groups in total. The number of nitriles is 1. The second-order valence-corrected chi connectivity index (χ2v) is 6.36. The van der Waals surface area contributed by atoms with Crippen LogP contribution in [0.2, 0.25) is 0 Å². The summed E-state index contributed by atoms with van der Waals surface area (Å²) in [5.74, 6) is 1.62. The van der Waals surface area contributed by atoms with Gasteiger partial charge < -0.3 is 14.0 Å². The Morgan fingerprint density at radius 1 is 0.962 bits per heavy atom. The first kappa shape index (κ1) is 14.9. The van der Waals surface area contributed by atoms with Crippen LogP contribution in [0.4, 0.5) is 0 Å². The summed E-state index contributed by atoms with van der Waals surface area (Å²) in [5, 5.41) is 11.2. The number of rotatable bonds is 3. The van der Waals surface area contributed by atoms with E-state index in [0.717, 1.165) is 33.3 Å². The first-order valence-electron chi connectivity index (χ1n) is 8.61. The van der Waals surface area contributed by atoms with Gasteiger partial charge in [0.25, 0.3) is 0 Å². The van der Waals surface area contributed by atoms with Gasteiger partial charge in [-0.1, -0.05) is 54.6 Å². The van der Waals surface area contributed by atoms with Crippen LogP contribution in [0.25, 0.3) is 21.8 Å². The van der Waals surface area contributed by atoms with Gasteiger partial charge in [-0.2, -0.15) is 5.26 Å². The Kier molecular flexibility index (Phi) is 3.32. The molecule has 0 aliphatic carbocycles. The lowest BCUT2D eigenvalue weighted by Gasteiger charge is -2.28. The number of ether oxygens (including phenoxy) is 2. The van der Waals surface area contributed by atoms with E-state index in [4.69, 9.17) is 14.7 Å². The van der Waals surface area contributed by atoms with Gasteiger partial charge in [0.05, 0.1) is 17.1 Å². The molecule has 0 saturated carbocycles. The Morgan fingerprint density at radius 3 is 2.54 bits per heavy atom. The fourth-order valence-corrected chi connectivity index (χ4v) is 3.91. The van der Waals surface area contributed by atoms with Crippen LogP contribution in [0.5, 0.6) is 11.5 Å². The molecule has 1 atom stereocenters. The predicted octanol–water partition coefficient (Wildman–Crippen LogP) is 4.68. The van der Waals surface area contributed by atoms with Crippen molar-refractivity contribution in [3.8, 4) is 17.6 Å². The molecule has 2 heterocycles. The zero-order valence-corrected chi connectivity index (χ0v) is 14.1. The molecule has 5 rings (SSSR count). The van der Waals surface area contributed by atoms with Crippen LogP contribution in [0.3, 0.4) is 0 Å². The minimum absolute atomic E-state index is 0.0278.